The summed E-state index contributed by atoms with van der Waals surface area (Å²) in [6.45, 7) is 3.35. The second kappa shape index (κ2) is 6.70. The average molecular weight is 343 g/mol. The van der Waals surface area contributed by atoms with Crippen LogP contribution in [0.15, 0.2) is 35.1 Å². The van der Waals surface area contributed by atoms with Crippen LogP contribution in [0.25, 0.3) is 0 Å². The number of nitrogens with one attached hydrogen (secondary N) is 1. The van der Waals surface area contributed by atoms with E-state index in [4.69, 9.17) is 5.84 Å². The van der Waals surface area contributed by atoms with Gasteiger partial charge in [0.2, 0.25) is 0 Å². The predicted octanol–water partition coefficient (Wildman–Crippen LogP) is 2.59. The number of hydrogen-bond donors (Lipinski definition) is 2. The summed E-state index contributed by atoms with van der Waals surface area (Å²) in [5, 5.41) is 3.03. The summed E-state index contributed by atoms with van der Waals surface area (Å²) in [4.78, 5) is 24.6. The maximum atomic E-state index is 13.6. The summed E-state index contributed by atoms with van der Waals surface area (Å²) in [7, 11) is 0. The molecule has 1 amide bonds. The quantitative estimate of drug-likeness (QED) is 0.838. The SMILES string of the molecule is Cc1cc(=O)n(N)c(C)c1C(=O)NC(c1cccc(F)c1)C1CCC1. The Morgan fingerprint density at radius 1 is 1.32 bits per heavy atom. The number of nitrogens with two attached hydrogens (primary N) is 1. The lowest BCUT2D eigenvalue weighted by Gasteiger charge is -2.35. The molecule has 132 valence electrons. The zero-order chi connectivity index (χ0) is 18.1. The van der Waals surface area contributed by atoms with E-state index in [0.29, 0.717) is 16.8 Å². The highest BCUT2D eigenvalue weighted by Crippen LogP contribution is 2.38. The largest absolute Gasteiger partial charge is 0.345 e. The topological polar surface area (TPSA) is 77.1 Å². The van der Waals surface area contributed by atoms with Crippen molar-refractivity contribution in [3.8, 4) is 0 Å². The Labute approximate surface area is 145 Å². The van der Waals surface area contributed by atoms with Crippen LogP contribution < -0.4 is 16.7 Å². The summed E-state index contributed by atoms with van der Waals surface area (Å²) in [6, 6.07) is 7.43. The fourth-order valence-electron chi connectivity index (χ4n) is 3.40. The van der Waals surface area contributed by atoms with Gasteiger partial charge in [0.15, 0.2) is 0 Å². The zero-order valence-electron chi connectivity index (χ0n) is 14.4. The molecule has 0 bridgehead atoms. The van der Waals surface area contributed by atoms with Crippen LogP contribution in [0.1, 0.15) is 52.5 Å². The van der Waals surface area contributed by atoms with Crippen LogP contribution in [0.5, 0.6) is 0 Å². The van der Waals surface area contributed by atoms with Crippen molar-refractivity contribution < 1.29 is 9.18 Å². The van der Waals surface area contributed by atoms with E-state index in [2.05, 4.69) is 5.32 Å². The molecule has 1 aliphatic carbocycles. The smallest absolute Gasteiger partial charge is 0.269 e. The highest BCUT2D eigenvalue weighted by Gasteiger charge is 2.31. The van der Waals surface area contributed by atoms with Gasteiger partial charge in [-0.25, -0.2) is 9.07 Å². The van der Waals surface area contributed by atoms with Crippen molar-refractivity contribution in [2.45, 2.75) is 39.2 Å². The Morgan fingerprint density at radius 3 is 2.64 bits per heavy atom. The first kappa shape index (κ1) is 17.2. The summed E-state index contributed by atoms with van der Waals surface area (Å²) in [5.74, 6) is 5.39. The number of amides is 1. The molecule has 1 aromatic heterocycles. The lowest BCUT2D eigenvalue weighted by Crippen LogP contribution is -2.39. The number of aromatic nitrogens is 1. The van der Waals surface area contributed by atoms with E-state index in [1.54, 1.807) is 19.9 Å². The van der Waals surface area contributed by atoms with Crippen LogP contribution in [0.4, 0.5) is 4.39 Å². The molecular weight excluding hydrogens is 321 g/mol. The molecule has 2 aromatic rings. The molecule has 1 aliphatic rings. The molecular formula is C19H22FN3O2. The Morgan fingerprint density at radius 2 is 2.04 bits per heavy atom. The van der Waals surface area contributed by atoms with Crippen LogP contribution in [0.2, 0.25) is 0 Å². The van der Waals surface area contributed by atoms with E-state index >= 15 is 0 Å². The fraction of sp³-hybridized carbons (Fsp3) is 0.368. The number of hydrogen-bond acceptors (Lipinski definition) is 3. The van der Waals surface area contributed by atoms with E-state index < -0.39 is 0 Å². The molecule has 1 fully saturated rings. The van der Waals surface area contributed by atoms with Crippen molar-refractivity contribution in [1.29, 1.82) is 0 Å². The first-order chi connectivity index (χ1) is 11.9. The van der Waals surface area contributed by atoms with Gasteiger partial charge in [0.1, 0.15) is 5.82 Å². The second-order valence-corrected chi connectivity index (χ2v) is 6.69. The molecule has 0 aliphatic heterocycles. The molecule has 6 heteroatoms. The minimum absolute atomic E-state index is 0.256. The van der Waals surface area contributed by atoms with Crippen molar-refractivity contribution in [2.24, 2.45) is 5.92 Å². The van der Waals surface area contributed by atoms with Gasteiger partial charge in [-0.05, 0) is 55.9 Å². The van der Waals surface area contributed by atoms with Gasteiger partial charge < -0.3 is 11.2 Å². The standard InChI is InChI=1S/C19H22FN3O2/c1-11-9-16(24)23(21)12(2)17(11)19(25)22-18(13-5-3-6-13)14-7-4-8-15(20)10-14/h4,7-10,13,18H,3,5-6,21H2,1-2H3,(H,22,25). The van der Waals surface area contributed by atoms with Gasteiger partial charge in [0.05, 0.1) is 17.3 Å². The highest BCUT2D eigenvalue weighted by atomic mass is 19.1. The minimum atomic E-state index is -0.354. The third kappa shape index (κ3) is 3.29. The lowest BCUT2D eigenvalue weighted by molar-refractivity contribution is 0.0898. The highest BCUT2D eigenvalue weighted by molar-refractivity contribution is 5.96. The molecule has 3 rings (SSSR count). The van der Waals surface area contributed by atoms with Gasteiger partial charge in [-0.15, -0.1) is 0 Å². The molecule has 0 radical (unpaired) electrons. The van der Waals surface area contributed by atoms with Crippen molar-refractivity contribution >= 4 is 5.91 Å². The monoisotopic (exact) mass is 343 g/mol. The maximum Gasteiger partial charge on any atom is 0.269 e. The van der Waals surface area contributed by atoms with Gasteiger partial charge in [0, 0.05) is 6.07 Å². The van der Waals surface area contributed by atoms with Gasteiger partial charge >= 0.3 is 0 Å². The van der Waals surface area contributed by atoms with Crippen LogP contribution >= 0.6 is 0 Å². The number of nitrogens with zero attached hydrogens (tertiary/aromatic N) is 1. The molecule has 25 heavy (non-hydrogen) atoms. The molecule has 1 saturated carbocycles. The Kier molecular flexibility index (Phi) is 4.61. The van der Waals surface area contributed by atoms with Crippen molar-refractivity contribution in [3.63, 3.8) is 0 Å². The molecule has 1 aromatic carbocycles. The number of benzene rings is 1. The van der Waals surface area contributed by atoms with E-state index in [1.807, 2.05) is 6.07 Å². The summed E-state index contributed by atoms with van der Waals surface area (Å²) >= 11 is 0. The minimum Gasteiger partial charge on any atom is -0.345 e. The van der Waals surface area contributed by atoms with Crippen LogP contribution in [-0.4, -0.2) is 10.6 Å². The molecule has 1 atom stereocenters. The van der Waals surface area contributed by atoms with Gasteiger partial charge in [0.25, 0.3) is 11.5 Å². The third-order valence-electron chi connectivity index (χ3n) is 5.04. The Bertz CT molecular complexity index is 871. The third-order valence-corrected chi connectivity index (χ3v) is 5.04. The van der Waals surface area contributed by atoms with Crippen molar-refractivity contribution in [2.75, 3.05) is 5.84 Å². The molecule has 5 nitrogen and oxygen atoms in total. The lowest BCUT2D eigenvalue weighted by atomic mass is 9.77. The van der Waals surface area contributed by atoms with Gasteiger partial charge in [-0.2, -0.15) is 0 Å². The molecule has 0 spiro atoms. The molecule has 0 saturated heterocycles. The number of halogens is 1. The molecule has 3 N–H and O–H groups in total. The van der Waals surface area contributed by atoms with Crippen LogP contribution in [0.3, 0.4) is 0 Å². The predicted molar refractivity (Wildman–Crippen MR) is 94.3 cm³/mol. The van der Waals surface area contributed by atoms with Crippen LogP contribution in [0, 0.1) is 25.6 Å². The summed E-state index contributed by atoms with van der Waals surface area (Å²) < 4.78 is 14.6. The van der Waals surface area contributed by atoms with E-state index in [1.165, 1.54) is 18.2 Å². The van der Waals surface area contributed by atoms with Crippen LogP contribution in [-0.2, 0) is 0 Å². The summed E-state index contributed by atoms with van der Waals surface area (Å²) in [6.07, 6.45) is 3.10. The van der Waals surface area contributed by atoms with Crippen molar-refractivity contribution in [1.82, 2.24) is 9.99 Å². The molecule has 1 unspecified atom stereocenters. The van der Waals surface area contributed by atoms with Crippen molar-refractivity contribution in [3.05, 3.63) is 68.9 Å². The maximum absolute atomic E-state index is 13.6. The van der Waals surface area contributed by atoms with E-state index in [9.17, 15) is 14.0 Å². The fourth-order valence-corrected chi connectivity index (χ4v) is 3.40. The number of aryl methyl sites for hydroxylation is 1. The first-order valence-electron chi connectivity index (χ1n) is 8.43. The average Bonchev–Trinajstić information content (AvgIpc) is 2.50. The first-order valence-corrected chi connectivity index (χ1v) is 8.43. The Hall–Kier alpha value is -2.63. The number of carbonyl (C=O) groups excluding carboxylic acids is 1. The number of pyridine rings is 1. The summed E-state index contributed by atoms with van der Waals surface area (Å²) in [5.41, 5.74) is 1.78. The van der Waals surface area contributed by atoms with Gasteiger partial charge in [-0.1, -0.05) is 18.6 Å². The normalized spacial score (nSPS) is 15.5. The number of rotatable bonds is 4. The zero-order valence-corrected chi connectivity index (χ0v) is 14.4. The van der Waals surface area contributed by atoms with Gasteiger partial charge in [-0.3, -0.25) is 9.59 Å². The number of carbonyl (C=O) groups is 1. The van der Waals surface area contributed by atoms with E-state index in [-0.39, 0.29) is 29.2 Å². The Balaban J connectivity index is 1.94. The molecule has 1 heterocycles. The number of nitrogen functional groups attached to an aromatic ring is 1. The van der Waals surface area contributed by atoms with E-state index in [0.717, 1.165) is 29.5 Å². The second-order valence-electron chi connectivity index (χ2n) is 6.69.